The minimum absolute atomic E-state index is 0.245. The van der Waals surface area contributed by atoms with E-state index in [0.717, 1.165) is 12.0 Å². The summed E-state index contributed by atoms with van der Waals surface area (Å²) in [5.41, 5.74) is 2.68. The summed E-state index contributed by atoms with van der Waals surface area (Å²) in [6.45, 7) is 4.55. The van der Waals surface area contributed by atoms with Crippen molar-refractivity contribution in [3.8, 4) is 5.75 Å². The van der Waals surface area contributed by atoms with Crippen LogP contribution in [0.1, 0.15) is 35.3 Å². The smallest absolute Gasteiger partial charge is 0.326 e. The zero-order chi connectivity index (χ0) is 21.5. The van der Waals surface area contributed by atoms with Crippen molar-refractivity contribution in [2.45, 2.75) is 32.9 Å². The molecule has 0 radical (unpaired) electrons. The van der Waals surface area contributed by atoms with Gasteiger partial charge in [-0.25, -0.2) is 0 Å². The van der Waals surface area contributed by atoms with E-state index < -0.39 is 18.0 Å². The lowest BCUT2D eigenvalue weighted by Crippen LogP contribution is -2.43. The summed E-state index contributed by atoms with van der Waals surface area (Å²) in [6.07, 6.45) is -0.145. The average Bonchev–Trinajstić information content (AvgIpc) is 2.77. The van der Waals surface area contributed by atoms with Crippen LogP contribution in [-0.4, -0.2) is 48.5 Å². The second-order valence-electron chi connectivity index (χ2n) is 7.02. The average molecular weight is 410 g/mol. The lowest BCUT2D eigenvalue weighted by atomic mass is 9.99. The first-order valence-electron chi connectivity index (χ1n) is 10.0. The Hall–Kier alpha value is -3.35. The number of nitrogens with zero attached hydrogens (tertiary/aromatic N) is 1. The van der Waals surface area contributed by atoms with Crippen molar-refractivity contribution in [3.63, 3.8) is 0 Å². The van der Waals surface area contributed by atoms with E-state index in [2.05, 4.69) is 11.4 Å². The molecule has 0 fully saturated rings. The molecule has 0 bridgehead atoms. The maximum atomic E-state index is 12.7. The van der Waals surface area contributed by atoms with Crippen molar-refractivity contribution in [1.29, 1.82) is 0 Å². The lowest BCUT2D eigenvalue weighted by molar-refractivity contribution is -0.158. The van der Waals surface area contributed by atoms with Gasteiger partial charge in [0.15, 0.2) is 6.10 Å². The molecule has 3 rings (SSSR count). The lowest BCUT2D eigenvalue weighted by Gasteiger charge is -2.30. The Labute approximate surface area is 176 Å². The van der Waals surface area contributed by atoms with Gasteiger partial charge in [0.25, 0.3) is 11.8 Å². The van der Waals surface area contributed by atoms with Crippen molar-refractivity contribution in [1.82, 2.24) is 10.2 Å². The standard InChI is InChI=1S/C23H26N2O5/c1-3-29-20-11-7-6-10-19(20)22(27)24-14-21(26)30-16(2)23(28)25-13-12-17-8-4-5-9-18(17)15-25/h4-11,16H,3,12-15H2,1-2H3,(H,24,27)/t16-/m0/s1. The third kappa shape index (κ3) is 5.17. The molecule has 1 heterocycles. The van der Waals surface area contributed by atoms with Gasteiger partial charge in [0, 0.05) is 13.1 Å². The molecule has 1 atom stereocenters. The van der Waals surface area contributed by atoms with Crippen LogP contribution >= 0.6 is 0 Å². The summed E-state index contributed by atoms with van der Waals surface area (Å²) < 4.78 is 10.7. The van der Waals surface area contributed by atoms with Crippen LogP contribution < -0.4 is 10.1 Å². The van der Waals surface area contributed by atoms with Crippen LogP contribution in [-0.2, 0) is 27.3 Å². The first-order valence-corrected chi connectivity index (χ1v) is 10.0. The Bertz CT molecular complexity index is 927. The quantitative estimate of drug-likeness (QED) is 0.708. The third-order valence-electron chi connectivity index (χ3n) is 4.92. The van der Waals surface area contributed by atoms with Crippen molar-refractivity contribution in [2.24, 2.45) is 0 Å². The maximum Gasteiger partial charge on any atom is 0.326 e. The number of amides is 2. The molecule has 2 aromatic rings. The van der Waals surface area contributed by atoms with Gasteiger partial charge < -0.3 is 19.7 Å². The fourth-order valence-electron chi connectivity index (χ4n) is 3.41. The van der Waals surface area contributed by atoms with Crippen LogP contribution in [0.5, 0.6) is 5.75 Å². The largest absolute Gasteiger partial charge is 0.493 e. The Morgan fingerprint density at radius 2 is 1.77 bits per heavy atom. The number of hydrogen-bond donors (Lipinski definition) is 1. The Balaban J connectivity index is 1.50. The Morgan fingerprint density at radius 3 is 2.53 bits per heavy atom. The molecule has 158 valence electrons. The van der Waals surface area contributed by atoms with Crippen LogP contribution in [0.15, 0.2) is 48.5 Å². The van der Waals surface area contributed by atoms with Gasteiger partial charge in [0.05, 0.1) is 12.2 Å². The van der Waals surface area contributed by atoms with E-state index >= 15 is 0 Å². The summed E-state index contributed by atoms with van der Waals surface area (Å²) in [5.74, 6) is -0.913. The fraction of sp³-hybridized carbons (Fsp3) is 0.348. The Morgan fingerprint density at radius 1 is 1.07 bits per heavy atom. The molecule has 7 nitrogen and oxygen atoms in total. The molecule has 0 spiro atoms. The summed E-state index contributed by atoms with van der Waals surface area (Å²) in [7, 11) is 0. The highest BCUT2D eigenvalue weighted by Gasteiger charge is 2.27. The number of hydrogen-bond acceptors (Lipinski definition) is 5. The van der Waals surface area contributed by atoms with Crippen LogP contribution in [0.4, 0.5) is 0 Å². The number of carbonyl (C=O) groups is 3. The summed E-state index contributed by atoms with van der Waals surface area (Å²) in [5, 5.41) is 2.52. The van der Waals surface area contributed by atoms with E-state index in [-0.39, 0.29) is 12.5 Å². The van der Waals surface area contributed by atoms with Crippen molar-refractivity contribution in [3.05, 3.63) is 65.2 Å². The molecule has 2 amide bonds. The SMILES string of the molecule is CCOc1ccccc1C(=O)NCC(=O)O[C@@H](C)C(=O)N1CCc2ccccc2C1. The predicted octanol–water partition coefficient (Wildman–Crippen LogP) is 2.33. The van der Waals surface area contributed by atoms with Crippen molar-refractivity contribution >= 4 is 17.8 Å². The highest BCUT2D eigenvalue weighted by atomic mass is 16.5. The number of nitrogens with one attached hydrogen (secondary N) is 1. The van der Waals surface area contributed by atoms with Gasteiger partial charge in [0.2, 0.25) is 0 Å². The van der Waals surface area contributed by atoms with E-state index in [0.29, 0.717) is 31.0 Å². The molecule has 30 heavy (non-hydrogen) atoms. The molecule has 1 N–H and O–H groups in total. The van der Waals surface area contributed by atoms with Gasteiger partial charge in [0.1, 0.15) is 12.3 Å². The highest BCUT2D eigenvalue weighted by molar-refractivity contribution is 5.98. The Kier molecular flexibility index (Phi) is 7.06. The molecule has 0 saturated heterocycles. The molecule has 0 aromatic heterocycles. The van der Waals surface area contributed by atoms with E-state index in [1.807, 2.05) is 25.1 Å². The number of carbonyl (C=O) groups excluding carboxylic acids is 3. The summed E-state index contributed by atoms with van der Waals surface area (Å²) >= 11 is 0. The monoisotopic (exact) mass is 410 g/mol. The van der Waals surface area contributed by atoms with Gasteiger partial charge in [-0.3, -0.25) is 14.4 Å². The minimum atomic E-state index is -0.921. The molecule has 1 aliphatic heterocycles. The van der Waals surface area contributed by atoms with Gasteiger partial charge >= 0.3 is 5.97 Å². The normalized spacial score (nSPS) is 13.7. The zero-order valence-electron chi connectivity index (χ0n) is 17.2. The minimum Gasteiger partial charge on any atom is -0.493 e. The summed E-state index contributed by atoms with van der Waals surface area (Å²) in [4.78, 5) is 38.9. The first kappa shape index (κ1) is 21.4. The molecule has 7 heteroatoms. The van der Waals surface area contributed by atoms with Crippen molar-refractivity contribution < 1.29 is 23.9 Å². The topological polar surface area (TPSA) is 84.9 Å². The maximum absolute atomic E-state index is 12.7. The zero-order valence-corrected chi connectivity index (χ0v) is 17.2. The molecule has 0 aliphatic carbocycles. The van der Waals surface area contributed by atoms with E-state index in [4.69, 9.17) is 9.47 Å². The number of fused-ring (bicyclic) bond motifs is 1. The molecule has 0 unspecified atom stereocenters. The molecule has 2 aromatic carbocycles. The van der Waals surface area contributed by atoms with Gasteiger partial charge in [-0.15, -0.1) is 0 Å². The molecular weight excluding hydrogens is 384 g/mol. The van der Waals surface area contributed by atoms with Crippen LogP contribution in [0.3, 0.4) is 0 Å². The molecule has 1 aliphatic rings. The molecule has 0 saturated carbocycles. The number of para-hydroxylation sites is 1. The number of ether oxygens (including phenoxy) is 2. The number of benzene rings is 2. The van der Waals surface area contributed by atoms with Gasteiger partial charge in [-0.2, -0.15) is 0 Å². The van der Waals surface area contributed by atoms with Gasteiger partial charge in [-0.1, -0.05) is 36.4 Å². The number of rotatable bonds is 7. The predicted molar refractivity (Wildman–Crippen MR) is 111 cm³/mol. The van der Waals surface area contributed by atoms with E-state index in [1.54, 1.807) is 36.1 Å². The fourth-order valence-corrected chi connectivity index (χ4v) is 3.41. The second kappa shape index (κ2) is 9.91. The second-order valence-corrected chi connectivity index (χ2v) is 7.02. The highest BCUT2D eigenvalue weighted by Crippen LogP contribution is 2.20. The van der Waals surface area contributed by atoms with E-state index in [9.17, 15) is 14.4 Å². The van der Waals surface area contributed by atoms with Crippen LogP contribution in [0.2, 0.25) is 0 Å². The summed E-state index contributed by atoms with van der Waals surface area (Å²) in [6, 6.07) is 14.8. The first-order chi connectivity index (χ1) is 14.5. The van der Waals surface area contributed by atoms with Crippen LogP contribution in [0.25, 0.3) is 0 Å². The third-order valence-corrected chi connectivity index (χ3v) is 4.92. The van der Waals surface area contributed by atoms with E-state index in [1.165, 1.54) is 5.56 Å². The van der Waals surface area contributed by atoms with Gasteiger partial charge in [-0.05, 0) is 43.5 Å². The van der Waals surface area contributed by atoms with Crippen LogP contribution in [0, 0.1) is 0 Å². The van der Waals surface area contributed by atoms with Crippen molar-refractivity contribution in [2.75, 3.05) is 19.7 Å². The molecular formula is C23H26N2O5. The number of esters is 1.